The van der Waals surface area contributed by atoms with Crippen LogP contribution in [-0.4, -0.2) is 24.4 Å². The van der Waals surface area contributed by atoms with E-state index in [0.717, 1.165) is 45.1 Å². The molecular weight excluding hydrogens is 272 g/mol. The van der Waals surface area contributed by atoms with Gasteiger partial charge < -0.3 is 9.47 Å². The molecule has 1 fully saturated rings. The third-order valence-corrected chi connectivity index (χ3v) is 5.57. The van der Waals surface area contributed by atoms with Crippen molar-refractivity contribution in [3.8, 4) is 0 Å². The molecule has 0 unspecified atom stereocenters. The predicted molar refractivity (Wildman–Crippen MR) is 90.9 cm³/mol. The van der Waals surface area contributed by atoms with Crippen LogP contribution in [0.3, 0.4) is 0 Å². The molecule has 0 aromatic carbocycles. The SMILES string of the molecule is CC1=C2CC/C(C)=C/CC[C@]3(C)O[C@@H]3CC/C(C)=C/[C@H]2OC1. The molecule has 0 amide bonds. The molecule has 0 bridgehead atoms. The summed E-state index contributed by atoms with van der Waals surface area (Å²) in [5.74, 6) is 0. The van der Waals surface area contributed by atoms with Crippen molar-refractivity contribution in [2.75, 3.05) is 6.61 Å². The van der Waals surface area contributed by atoms with E-state index >= 15 is 0 Å². The number of hydrogen-bond acceptors (Lipinski definition) is 2. The van der Waals surface area contributed by atoms with Gasteiger partial charge in [-0.3, -0.25) is 0 Å². The minimum absolute atomic E-state index is 0.132. The molecule has 2 aliphatic heterocycles. The third-order valence-electron chi connectivity index (χ3n) is 5.57. The molecule has 0 N–H and O–H groups in total. The molecule has 0 radical (unpaired) electrons. The number of hydrogen-bond donors (Lipinski definition) is 0. The maximum absolute atomic E-state index is 5.99. The van der Waals surface area contributed by atoms with Crippen LogP contribution in [0.2, 0.25) is 0 Å². The van der Waals surface area contributed by atoms with Crippen LogP contribution < -0.4 is 0 Å². The van der Waals surface area contributed by atoms with Gasteiger partial charge in [0.05, 0.1) is 24.4 Å². The number of epoxide rings is 1. The Morgan fingerprint density at radius 2 is 1.91 bits per heavy atom. The smallest absolute Gasteiger partial charge is 0.0977 e. The average molecular weight is 302 g/mol. The summed E-state index contributed by atoms with van der Waals surface area (Å²) in [5.41, 5.74) is 6.03. The molecule has 2 nitrogen and oxygen atoms in total. The molecule has 0 aromatic rings. The predicted octanol–water partition coefficient (Wildman–Crippen LogP) is 5.11. The molecule has 122 valence electrons. The lowest BCUT2D eigenvalue weighted by Gasteiger charge is -2.14. The van der Waals surface area contributed by atoms with Gasteiger partial charge in [-0.25, -0.2) is 0 Å². The van der Waals surface area contributed by atoms with Crippen molar-refractivity contribution in [3.05, 3.63) is 34.4 Å². The Morgan fingerprint density at radius 3 is 2.73 bits per heavy atom. The zero-order valence-electron chi connectivity index (χ0n) is 14.6. The Morgan fingerprint density at radius 1 is 1.09 bits per heavy atom. The Kier molecular flexibility index (Phi) is 4.61. The van der Waals surface area contributed by atoms with Crippen molar-refractivity contribution in [1.29, 1.82) is 0 Å². The first-order valence-electron chi connectivity index (χ1n) is 8.79. The van der Waals surface area contributed by atoms with E-state index in [-0.39, 0.29) is 11.7 Å². The van der Waals surface area contributed by atoms with Crippen LogP contribution in [-0.2, 0) is 9.47 Å². The first-order valence-corrected chi connectivity index (χ1v) is 8.79. The lowest BCUT2D eigenvalue weighted by atomic mass is 9.93. The maximum atomic E-state index is 5.99. The van der Waals surface area contributed by atoms with E-state index < -0.39 is 0 Å². The monoisotopic (exact) mass is 302 g/mol. The topological polar surface area (TPSA) is 21.8 Å². The van der Waals surface area contributed by atoms with Crippen LogP contribution in [0.1, 0.15) is 66.2 Å². The van der Waals surface area contributed by atoms with Crippen LogP contribution >= 0.6 is 0 Å². The summed E-state index contributed by atoms with van der Waals surface area (Å²) in [6.45, 7) is 9.81. The van der Waals surface area contributed by atoms with Crippen LogP contribution in [0, 0.1) is 0 Å². The highest BCUT2D eigenvalue weighted by atomic mass is 16.6. The van der Waals surface area contributed by atoms with Gasteiger partial charge in [-0.15, -0.1) is 0 Å². The Labute approximate surface area is 135 Å². The number of ether oxygens (including phenoxy) is 2. The molecule has 22 heavy (non-hydrogen) atoms. The summed E-state index contributed by atoms with van der Waals surface area (Å²) in [7, 11) is 0. The van der Waals surface area contributed by atoms with Gasteiger partial charge in [0, 0.05) is 0 Å². The molecule has 0 spiro atoms. The van der Waals surface area contributed by atoms with E-state index in [4.69, 9.17) is 9.47 Å². The highest BCUT2D eigenvalue weighted by molar-refractivity contribution is 5.29. The summed E-state index contributed by atoms with van der Waals surface area (Å²) in [4.78, 5) is 0. The zero-order valence-corrected chi connectivity index (χ0v) is 14.6. The van der Waals surface area contributed by atoms with Gasteiger partial charge in [0.15, 0.2) is 0 Å². The fourth-order valence-electron chi connectivity index (χ4n) is 3.77. The fraction of sp³-hybridized carbons (Fsp3) is 0.700. The standard InChI is InChI=1S/C20H30O2/c1-14-6-5-11-20(4)19(22-20)10-8-15(2)12-18-17(9-7-14)16(3)13-21-18/h6,12,18-19H,5,7-11,13H2,1-4H3/b14-6+,15-12+/t18-,19-,20+/m1/s1. The minimum atomic E-state index is 0.132. The molecule has 0 aromatic heterocycles. The van der Waals surface area contributed by atoms with Gasteiger partial charge >= 0.3 is 0 Å². The quantitative estimate of drug-likeness (QED) is 0.458. The Balaban J connectivity index is 1.76. The van der Waals surface area contributed by atoms with Gasteiger partial charge in [-0.2, -0.15) is 0 Å². The Bertz CT molecular complexity index is 526. The summed E-state index contributed by atoms with van der Waals surface area (Å²) >= 11 is 0. The number of allylic oxidation sites excluding steroid dienone is 3. The molecule has 2 heterocycles. The maximum Gasteiger partial charge on any atom is 0.0977 e. The van der Waals surface area contributed by atoms with E-state index in [1.165, 1.54) is 22.3 Å². The van der Waals surface area contributed by atoms with Crippen LogP contribution in [0.25, 0.3) is 0 Å². The summed E-state index contributed by atoms with van der Waals surface area (Å²) in [6.07, 6.45) is 12.3. The molecule has 3 atom stereocenters. The lowest BCUT2D eigenvalue weighted by Crippen LogP contribution is -2.11. The van der Waals surface area contributed by atoms with E-state index in [1.54, 1.807) is 0 Å². The molecule has 2 heteroatoms. The van der Waals surface area contributed by atoms with E-state index in [1.807, 2.05) is 0 Å². The lowest BCUT2D eigenvalue weighted by molar-refractivity contribution is 0.150. The molecular formula is C20H30O2. The largest absolute Gasteiger partial charge is 0.366 e. The van der Waals surface area contributed by atoms with Gasteiger partial charge in [0.2, 0.25) is 0 Å². The van der Waals surface area contributed by atoms with E-state index in [9.17, 15) is 0 Å². The highest BCUT2D eigenvalue weighted by Gasteiger charge is 2.50. The average Bonchev–Trinajstić information content (AvgIpc) is 2.98. The van der Waals surface area contributed by atoms with Crippen molar-refractivity contribution in [3.63, 3.8) is 0 Å². The number of rotatable bonds is 0. The second-order valence-corrected chi connectivity index (χ2v) is 7.60. The highest BCUT2D eigenvalue weighted by Crippen LogP contribution is 2.43. The Hall–Kier alpha value is -0.860. The molecule has 1 saturated heterocycles. The van der Waals surface area contributed by atoms with Crippen molar-refractivity contribution >= 4 is 0 Å². The fourth-order valence-corrected chi connectivity index (χ4v) is 3.77. The summed E-state index contributed by atoms with van der Waals surface area (Å²) < 4.78 is 12.0. The second-order valence-electron chi connectivity index (χ2n) is 7.60. The van der Waals surface area contributed by atoms with Crippen molar-refractivity contribution in [1.82, 2.24) is 0 Å². The van der Waals surface area contributed by atoms with Crippen LogP contribution in [0.5, 0.6) is 0 Å². The first-order chi connectivity index (χ1) is 10.5. The van der Waals surface area contributed by atoms with Crippen LogP contribution in [0.4, 0.5) is 0 Å². The van der Waals surface area contributed by atoms with Gasteiger partial charge in [-0.05, 0) is 77.4 Å². The summed E-state index contributed by atoms with van der Waals surface area (Å²) in [6, 6.07) is 0. The minimum Gasteiger partial charge on any atom is -0.366 e. The van der Waals surface area contributed by atoms with E-state index in [2.05, 4.69) is 39.8 Å². The normalized spacial score (nSPS) is 41.6. The van der Waals surface area contributed by atoms with Gasteiger partial charge in [0.1, 0.15) is 0 Å². The molecule has 3 rings (SSSR count). The number of fused-ring (bicyclic) bond motifs is 2. The third kappa shape index (κ3) is 3.55. The van der Waals surface area contributed by atoms with E-state index in [0.29, 0.717) is 6.10 Å². The molecule has 0 saturated carbocycles. The zero-order chi connectivity index (χ0) is 15.7. The van der Waals surface area contributed by atoms with Crippen molar-refractivity contribution in [2.45, 2.75) is 84.0 Å². The first kappa shape index (κ1) is 16.0. The van der Waals surface area contributed by atoms with Crippen molar-refractivity contribution < 1.29 is 9.47 Å². The molecule has 1 aliphatic carbocycles. The van der Waals surface area contributed by atoms with Crippen molar-refractivity contribution in [2.24, 2.45) is 0 Å². The van der Waals surface area contributed by atoms with Gasteiger partial charge in [0.25, 0.3) is 0 Å². The second kappa shape index (κ2) is 6.33. The van der Waals surface area contributed by atoms with Gasteiger partial charge in [-0.1, -0.05) is 23.3 Å². The molecule has 3 aliphatic rings. The van der Waals surface area contributed by atoms with Crippen LogP contribution in [0.15, 0.2) is 34.4 Å². The summed E-state index contributed by atoms with van der Waals surface area (Å²) in [5, 5.41) is 0.